The normalized spacial score (nSPS) is 12.7. The van der Waals surface area contributed by atoms with Gasteiger partial charge in [0.2, 0.25) is 21.8 Å². The van der Waals surface area contributed by atoms with Gasteiger partial charge in [-0.1, -0.05) is 72.6 Å². The van der Waals surface area contributed by atoms with Gasteiger partial charge in [0, 0.05) is 24.0 Å². The number of nitrogens with one attached hydrogen (secondary N) is 1. The Morgan fingerprint density at radius 1 is 0.976 bits per heavy atom. The minimum Gasteiger partial charge on any atom is -0.495 e. The molecule has 0 unspecified atom stereocenters. The Bertz CT molecular complexity index is 1440. The Kier molecular flexibility index (Phi) is 11.5. The molecule has 3 aromatic rings. The molecule has 220 valence electrons. The number of carbonyl (C=O) groups excluding carboxylic acids is 2. The second-order valence-corrected chi connectivity index (χ2v) is 12.5. The van der Waals surface area contributed by atoms with Gasteiger partial charge in [-0.05, 0) is 54.8 Å². The van der Waals surface area contributed by atoms with Gasteiger partial charge in [0.05, 0.1) is 24.1 Å². The first-order chi connectivity index (χ1) is 19.4. The standard InChI is InChI=1S/C30H35Cl2N3O5S/c1-5-21(2)33-30(37)27(17-22-9-7-6-8-10-22)34(19-23-11-13-24(31)14-12-23)29(36)20-35(41(4,38)39)25-15-16-28(40-3)26(32)18-25/h6-16,18,21,27H,5,17,19-20H2,1-4H3,(H,33,37)/t21-,27+/m1/s1. The second-order valence-electron chi connectivity index (χ2n) is 9.76. The molecule has 3 aromatic carbocycles. The van der Waals surface area contributed by atoms with E-state index in [2.05, 4.69) is 5.32 Å². The average molecular weight is 621 g/mol. The number of methoxy groups -OCH3 is 1. The summed E-state index contributed by atoms with van der Waals surface area (Å²) in [6.45, 7) is 3.36. The summed E-state index contributed by atoms with van der Waals surface area (Å²) in [4.78, 5) is 29.2. The third-order valence-electron chi connectivity index (χ3n) is 6.64. The number of nitrogens with zero attached hydrogens (tertiary/aromatic N) is 2. The number of benzene rings is 3. The van der Waals surface area contributed by atoms with E-state index < -0.39 is 28.5 Å². The van der Waals surface area contributed by atoms with Crippen LogP contribution in [0.3, 0.4) is 0 Å². The number of amides is 2. The molecule has 0 heterocycles. The summed E-state index contributed by atoms with van der Waals surface area (Å²) in [7, 11) is -2.47. The molecule has 0 aromatic heterocycles. The maximum atomic E-state index is 14.1. The fourth-order valence-electron chi connectivity index (χ4n) is 4.21. The van der Waals surface area contributed by atoms with Crippen LogP contribution in [0.4, 0.5) is 5.69 Å². The van der Waals surface area contributed by atoms with E-state index in [1.54, 1.807) is 24.3 Å². The van der Waals surface area contributed by atoms with Crippen molar-refractivity contribution in [3.05, 3.63) is 94.0 Å². The molecular formula is C30H35Cl2N3O5S. The molecule has 1 N–H and O–H groups in total. The highest BCUT2D eigenvalue weighted by Crippen LogP contribution is 2.30. The predicted molar refractivity (Wildman–Crippen MR) is 164 cm³/mol. The van der Waals surface area contributed by atoms with Gasteiger partial charge >= 0.3 is 0 Å². The Morgan fingerprint density at radius 2 is 1.63 bits per heavy atom. The van der Waals surface area contributed by atoms with Crippen molar-refractivity contribution in [3.8, 4) is 5.75 Å². The first-order valence-electron chi connectivity index (χ1n) is 13.1. The maximum Gasteiger partial charge on any atom is 0.244 e. The van der Waals surface area contributed by atoms with Gasteiger partial charge in [0.25, 0.3) is 0 Å². The molecule has 11 heteroatoms. The predicted octanol–water partition coefficient (Wildman–Crippen LogP) is 5.32. The lowest BCUT2D eigenvalue weighted by atomic mass is 10.0. The minimum absolute atomic E-state index is 0.0579. The van der Waals surface area contributed by atoms with E-state index in [1.807, 2.05) is 44.2 Å². The van der Waals surface area contributed by atoms with Crippen molar-refractivity contribution >= 4 is 50.7 Å². The van der Waals surface area contributed by atoms with Crippen molar-refractivity contribution in [2.24, 2.45) is 0 Å². The van der Waals surface area contributed by atoms with Crippen LogP contribution in [0.25, 0.3) is 0 Å². The van der Waals surface area contributed by atoms with E-state index in [0.29, 0.717) is 17.2 Å². The minimum atomic E-state index is -3.92. The van der Waals surface area contributed by atoms with Crippen molar-refractivity contribution in [1.29, 1.82) is 0 Å². The molecular weight excluding hydrogens is 585 g/mol. The van der Waals surface area contributed by atoms with Crippen molar-refractivity contribution in [2.75, 3.05) is 24.2 Å². The van der Waals surface area contributed by atoms with Gasteiger partial charge in [0.1, 0.15) is 18.3 Å². The van der Waals surface area contributed by atoms with Crippen LogP contribution in [0.5, 0.6) is 5.75 Å². The summed E-state index contributed by atoms with van der Waals surface area (Å²) in [5.41, 5.74) is 1.78. The molecule has 0 aliphatic carbocycles. The molecule has 2 amide bonds. The molecule has 0 saturated heterocycles. The molecule has 41 heavy (non-hydrogen) atoms. The Morgan fingerprint density at radius 3 is 2.20 bits per heavy atom. The van der Waals surface area contributed by atoms with Gasteiger partial charge in [-0.2, -0.15) is 0 Å². The fourth-order valence-corrected chi connectivity index (χ4v) is 5.43. The lowest BCUT2D eigenvalue weighted by Crippen LogP contribution is -2.54. The third-order valence-corrected chi connectivity index (χ3v) is 8.33. The Hall–Kier alpha value is -3.27. The smallest absolute Gasteiger partial charge is 0.244 e. The van der Waals surface area contributed by atoms with E-state index in [9.17, 15) is 18.0 Å². The van der Waals surface area contributed by atoms with Crippen LogP contribution < -0.4 is 14.4 Å². The van der Waals surface area contributed by atoms with Crippen molar-refractivity contribution < 1.29 is 22.7 Å². The summed E-state index contributed by atoms with van der Waals surface area (Å²) in [5, 5.41) is 3.72. The topological polar surface area (TPSA) is 96.0 Å². The van der Waals surface area contributed by atoms with Crippen LogP contribution in [-0.4, -0.2) is 57.1 Å². The number of carbonyl (C=O) groups is 2. The number of anilines is 1. The maximum absolute atomic E-state index is 14.1. The summed E-state index contributed by atoms with van der Waals surface area (Å²) < 4.78 is 32.0. The number of hydrogen-bond acceptors (Lipinski definition) is 5. The van der Waals surface area contributed by atoms with E-state index in [1.165, 1.54) is 30.2 Å². The van der Waals surface area contributed by atoms with Crippen LogP contribution in [0.2, 0.25) is 10.0 Å². The van der Waals surface area contributed by atoms with Gasteiger partial charge in [-0.25, -0.2) is 8.42 Å². The van der Waals surface area contributed by atoms with Crippen LogP contribution in [0.15, 0.2) is 72.8 Å². The lowest BCUT2D eigenvalue weighted by Gasteiger charge is -2.34. The summed E-state index contributed by atoms with van der Waals surface area (Å²) >= 11 is 12.4. The zero-order valence-electron chi connectivity index (χ0n) is 23.5. The van der Waals surface area contributed by atoms with Crippen LogP contribution >= 0.6 is 23.2 Å². The molecule has 0 aliphatic heterocycles. The number of ether oxygens (including phenoxy) is 1. The van der Waals surface area contributed by atoms with Crippen molar-refractivity contribution in [3.63, 3.8) is 0 Å². The second kappa shape index (κ2) is 14.6. The van der Waals surface area contributed by atoms with Gasteiger partial charge in [-0.15, -0.1) is 0 Å². The molecule has 0 bridgehead atoms. The van der Waals surface area contributed by atoms with Crippen LogP contribution in [0.1, 0.15) is 31.4 Å². The lowest BCUT2D eigenvalue weighted by molar-refractivity contribution is -0.140. The molecule has 3 rings (SSSR count). The summed E-state index contributed by atoms with van der Waals surface area (Å²) in [6.07, 6.45) is 1.95. The third kappa shape index (κ3) is 9.11. The zero-order chi connectivity index (χ0) is 30.2. The molecule has 2 atom stereocenters. The van der Waals surface area contributed by atoms with E-state index in [-0.39, 0.29) is 35.6 Å². The van der Waals surface area contributed by atoms with Gasteiger partial charge in [-0.3, -0.25) is 13.9 Å². The summed E-state index contributed by atoms with van der Waals surface area (Å²) in [5.74, 6) is -0.523. The van der Waals surface area contributed by atoms with Gasteiger partial charge in [0.15, 0.2) is 0 Å². The quantitative estimate of drug-likeness (QED) is 0.279. The molecule has 0 aliphatic rings. The zero-order valence-corrected chi connectivity index (χ0v) is 25.8. The molecule has 0 saturated carbocycles. The molecule has 0 radical (unpaired) electrons. The fraction of sp³-hybridized carbons (Fsp3) is 0.333. The SMILES string of the molecule is CC[C@@H](C)NC(=O)[C@H](Cc1ccccc1)N(Cc1ccc(Cl)cc1)C(=O)CN(c1ccc(OC)c(Cl)c1)S(C)(=O)=O. The largest absolute Gasteiger partial charge is 0.495 e. The van der Waals surface area contributed by atoms with Crippen LogP contribution in [-0.2, 0) is 32.6 Å². The van der Waals surface area contributed by atoms with E-state index in [0.717, 1.165) is 21.7 Å². The molecule has 8 nitrogen and oxygen atoms in total. The van der Waals surface area contributed by atoms with Gasteiger partial charge < -0.3 is 15.0 Å². The highest BCUT2D eigenvalue weighted by atomic mass is 35.5. The number of hydrogen-bond donors (Lipinski definition) is 1. The highest BCUT2D eigenvalue weighted by Gasteiger charge is 2.33. The first-order valence-corrected chi connectivity index (χ1v) is 15.7. The molecule has 0 fully saturated rings. The van der Waals surface area contributed by atoms with Crippen molar-refractivity contribution in [1.82, 2.24) is 10.2 Å². The molecule has 0 spiro atoms. The van der Waals surface area contributed by atoms with E-state index in [4.69, 9.17) is 27.9 Å². The number of rotatable bonds is 13. The Labute approximate surface area is 252 Å². The number of halogens is 2. The first kappa shape index (κ1) is 32.2. The van der Waals surface area contributed by atoms with Crippen molar-refractivity contribution in [2.45, 2.75) is 45.3 Å². The Balaban J connectivity index is 2.06. The van der Waals surface area contributed by atoms with E-state index >= 15 is 0 Å². The number of sulfonamides is 1. The summed E-state index contributed by atoms with van der Waals surface area (Å²) in [6, 6.07) is 19.7. The monoisotopic (exact) mass is 619 g/mol. The van der Waals surface area contributed by atoms with Crippen LogP contribution in [0, 0.1) is 0 Å². The average Bonchev–Trinajstić information content (AvgIpc) is 2.94. The highest BCUT2D eigenvalue weighted by molar-refractivity contribution is 7.92.